The molecule has 0 radical (unpaired) electrons. The first-order chi connectivity index (χ1) is 9.11. The van der Waals surface area contributed by atoms with Crippen molar-refractivity contribution in [2.24, 2.45) is 10.9 Å². The molecule has 1 aromatic rings. The highest BCUT2D eigenvalue weighted by Gasteiger charge is 1.99. The van der Waals surface area contributed by atoms with E-state index in [1.54, 1.807) is 7.05 Å². The van der Waals surface area contributed by atoms with Crippen LogP contribution in [0.15, 0.2) is 29.3 Å². The minimum absolute atomic E-state index is 0. The Bertz CT molecular complexity index is 391. The third-order valence-corrected chi connectivity index (χ3v) is 3.00. The number of rotatable bonds is 6. The Kier molecular flexibility index (Phi) is 10.9. The third kappa shape index (κ3) is 8.64. The van der Waals surface area contributed by atoms with Crippen molar-refractivity contribution >= 4 is 41.5 Å². The summed E-state index contributed by atoms with van der Waals surface area (Å²) in [6, 6.07) is 8.03. The summed E-state index contributed by atoms with van der Waals surface area (Å²) in [6.07, 6.45) is 2.12. The second kappa shape index (κ2) is 11.2. The van der Waals surface area contributed by atoms with Crippen LogP contribution in [0.2, 0.25) is 5.02 Å². The van der Waals surface area contributed by atoms with Gasteiger partial charge in [0.25, 0.3) is 0 Å². The number of aryl methyl sites for hydroxylation is 1. The molecule has 0 amide bonds. The molecule has 0 fully saturated rings. The van der Waals surface area contributed by atoms with Crippen LogP contribution in [0.3, 0.4) is 0 Å². The van der Waals surface area contributed by atoms with Gasteiger partial charge in [-0.3, -0.25) is 4.99 Å². The molecule has 0 spiro atoms. The number of nitrogens with zero attached hydrogens (tertiary/aromatic N) is 1. The van der Waals surface area contributed by atoms with E-state index in [1.807, 2.05) is 12.1 Å². The number of hydrogen-bond donors (Lipinski definition) is 2. The molecule has 114 valence electrons. The molecular formula is C15H25ClIN3. The molecule has 0 aliphatic carbocycles. The van der Waals surface area contributed by atoms with Gasteiger partial charge >= 0.3 is 0 Å². The van der Waals surface area contributed by atoms with Gasteiger partial charge in [-0.15, -0.1) is 24.0 Å². The number of nitrogens with one attached hydrogen (secondary N) is 2. The van der Waals surface area contributed by atoms with Gasteiger partial charge in [-0.05, 0) is 36.5 Å². The maximum atomic E-state index is 5.86. The monoisotopic (exact) mass is 409 g/mol. The normalized spacial score (nSPS) is 11.2. The molecule has 0 aliphatic heterocycles. The second-order valence-corrected chi connectivity index (χ2v) is 5.44. The molecule has 0 bridgehead atoms. The van der Waals surface area contributed by atoms with Gasteiger partial charge in [0, 0.05) is 25.2 Å². The molecule has 0 saturated carbocycles. The average molecular weight is 410 g/mol. The zero-order valence-electron chi connectivity index (χ0n) is 12.4. The highest BCUT2D eigenvalue weighted by Crippen LogP contribution is 2.10. The maximum Gasteiger partial charge on any atom is 0.190 e. The van der Waals surface area contributed by atoms with E-state index in [0.29, 0.717) is 5.92 Å². The first kappa shape index (κ1) is 19.5. The second-order valence-electron chi connectivity index (χ2n) is 5.00. The minimum atomic E-state index is 0. The van der Waals surface area contributed by atoms with E-state index >= 15 is 0 Å². The van der Waals surface area contributed by atoms with Gasteiger partial charge < -0.3 is 10.6 Å². The quantitative estimate of drug-likeness (QED) is 0.325. The fourth-order valence-corrected chi connectivity index (χ4v) is 1.80. The zero-order chi connectivity index (χ0) is 14.1. The lowest BCUT2D eigenvalue weighted by atomic mass is 10.1. The van der Waals surface area contributed by atoms with Crippen LogP contribution in [0, 0.1) is 5.92 Å². The minimum Gasteiger partial charge on any atom is -0.356 e. The molecule has 0 aliphatic rings. The van der Waals surface area contributed by atoms with Crippen molar-refractivity contribution in [2.75, 3.05) is 20.1 Å². The largest absolute Gasteiger partial charge is 0.356 e. The summed E-state index contributed by atoms with van der Waals surface area (Å²) in [6.45, 7) is 6.22. The Hall–Kier alpha value is -0.490. The van der Waals surface area contributed by atoms with Crippen LogP contribution >= 0.6 is 35.6 Å². The highest BCUT2D eigenvalue weighted by atomic mass is 127. The van der Waals surface area contributed by atoms with Crippen LogP contribution in [0.1, 0.15) is 25.8 Å². The predicted octanol–water partition coefficient (Wildman–Crippen LogP) is 3.71. The van der Waals surface area contributed by atoms with E-state index in [9.17, 15) is 0 Å². The summed E-state index contributed by atoms with van der Waals surface area (Å²) in [5.41, 5.74) is 1.32. The number of aliphatic imine (C=N–C) groups is 1. The van der Waals surface area contributed by atoms with Crippen molar-refractivity contribution < 1.29 is 0 Å². The third-order valence-electron chi connectivity index (χ3n) is 2.75. The van der Waals surface area contributed by atoms with E-state index in [0.717, 1.165) is 36.9 Å². The Morgan fingerprint density at radius 1 is 1.20 bits per heavy atom. The predicted molar refractivity (Wildman–Crippen MR) is 99.4 cm³/mol. The molecule has 1 aromatic carbocycles. The molecule has 2 N–H and O–H groups in total. The molecule has 0 atom stereocenters. The van der Waals surface area contributed by atoms with Crippen LogP contribution in [0.5, 0.6) is 0 Å². The first-order valence-corrected chi connectivity index (χ1v) is 7.18. The van der Waals surface area contributed by atoms with E-state index in [1.165, 1.54) is 5.56 Å². The van der Waals surface area contributed by atoms with E-state index < -0.39 is 0 Å². The fraction of sp³-hybridized carbons (Fsp3) is 0.533. The molecular weight excluding hydrogens is 385 g/mol. The molecule has 5 heteroatoms. The topological polar surface area (TPSA) is 36.4 Å². The van der Waals surface area contributed by atoms with E-state index in [-0.39, 0.29) is 24.0 Å². The van der Waals surface area contributed by atoms with Crippen LogP contribution < -0.4 is 10.6 Å². The Morgan fingerprint density at radius 2 is 1.85 bits per heavy atom. The Morgan fingerprint density at radius 3 is 2.40 bits per heavy atom. The van der Waals surface area contributed by atoms with Crippen molar-refractivity contribution in [1.82, 2.24) is 10.6 Å². The molecule has 0 unspecified atom stereocenters. The summed E-state index contributed by atoms with van der Waals surface area (Å²) in [5.74, 6) is 1.50. The number of benzene rings is 1. The number of halogens is 2. The van der Waals surface area contributed by atoms with Crippen molar-refractivity contribution in [3.05, 3.63) is 34.9 Å². The van der Waals surface area contributed by atoms with Gasteiger partial charge in [-0.2, -0.15) is 0 Å². The number of guanidine groups is 1. The summed E-state index contributed by atoms with van der Waals surface area (Å²) in [5, 5.41) is 7.41. The fourth-order valence-electron chi connectivity index (χ4n) is 1.67. The lowest BCUT2D eigenvalue weighted by molar-refractivity contribution is 0.612. The van der Waals surface area contributed by atoms with Crippen LogP contribution in [0.4, 0.5) is 0 Å². The zero-order valence-corrected chi connectivity index (χ0v) is 15.5. The van der Waals surface area contributed by atoms with Gasteiger partial charge in [0.2, 0.25) is 0 Å². The molecule has 0 saturated heterocycles. The van der Waals surface area contributed by atoms with Crippen LogP contribution in [-0.2, 0) is 6.42 Å². The average Bonchev–Trinajstić information content (AvgIpc) is 2.40. The van der Waals surface area contributed by atoms with Crippen molar-refractivity contribution in [2.45, 2.75) is 26.7 Å². The summed E-state index contributed by atoms with van der Waals surface area (Å²) in [4.78, 5) is 4.19. The highest BCUT2D eigenvalue weighted by molar-refractivity contribution is 14.0. The lowest BCUT2D eigenvalue weighted by Crippen LogP contribution is -2.39. The maximum absolute atomic E-state index is 5.86. The molecule has 3 nitrogen and oxygen atoms in total. The summed E-state index contributed by atoms with van der Waals surface area (Å²) < 4.78 is 0. The van der Waals surface area contributed by atoms with Gasteiger partial charge in [-0.25, -0.2) is 0 Å². The van der Waals surface area contributed by atoms with E-state index in [2.05, 4.69) is 41.6 Å². The first-order valence-electron chi connectivity index (χ1n) is 6.80. The van der Waals surface area contributed by atoms with Crippen LogP contribution in [-0.4, -0.2) is 26.1 Å². The lowest BCUT2D eigenvalue weighted by Gasteiger charge is -2.13. The SMILES string of the molecule is CN=C(NCCCc1ccc(Cl)cc1)NCC(C)C.I. The summed E-state index contributed by atoms with van der Waals surface area (Å²) in [7, 11) is 1.80. The van der Waals surface area contributed by atoms with E-state index in [4.69, 9.17) is 11.6 Å². The Balaban J connectivity index is 0.00000361. The molecule has 20 heavy (non-hydrogen) atoms. The standard InChI is InChI=1S/C15H24ClN3.HI/c1-12(2)11-19-15(17-3)18-10-4-5-13-6-8-14(16)9-7-13;/h6-9,12H,4-5,10-11H2,1-3H3,(H2,17,18,19);1H. The Labute approximate surface area is 144 Å². The van der Waals surface area contributed by atoms with Crippen molar-refractivity contribution in [1.29, 1.82) is 0 Å². The van der Waals surface area contributed by atoms with Gasteiger partial charge in [-0.1, -0.05) is 37.6 Å². The molecule has 0 aromatic heterocycles. The number of hydrogen-bond acceptors (Lipinski definition) is 1. The smallest absolute Gasteiger partial charge is 0.190 e. The van der Waals surface area contributed by atoms with Crippen molar-refractivity contribution in [3.63, 3.8) is 0 Å². The van der Waals surface area contributed by atoms with Gasteiger partial charge in [0.05, 0.1) is 0 Å². The molecule has 1 rings (SSSR count). The van der Waals surface area contributed by atoms with Crippen molar-refractivity contribution in [3.8, 4) is 0 Å². The van der Waals surface area contributed by atoms with Crippen LogP contribution in [0.25, 0.3) is 0 Å². The summed E-state index contributed by atoms with van der Waals surface area (Å²) >= 11 is 5.86. The molecule has 0 heterocycles. The van der Waals surface area contributed by atoms with Gasteiger partial charge in [0.1, 0.15) is 0 Å². The van der Waals surface area contributed by atoms with Gasteiger partial charge in [0.15, 0.2) is 5.96 Å².